The molecule has 25 heavy (non-hydrogen) atoms. The number of hydrogen-bond acceptors (Lipinski definition) is 5. The van der Waals surface area contributed by atoms with E-state index in [9.17, 15) is 19.2 Å². The van der Waals surface area contributed by atoms with Crippen LogP contribution in [0.4, 0.5) is 0 Å². The summed E-state index contributed by atoms with van der Waals surface area (Å²) in [6.45, 7) is 0.564. The Balaban J connectivity index is 2.29. The molecule has 5 heteroatoms. The van der Waals surface area contributed by atoms with Crippen LogP contribution in [0, 0.1) is 5.92 Å². The van der Waals surface area contributed by atoms with Gasteiger partial charge in [-0.25, -0.2) is 0 Å². The van der Waals surface area contributed by atoms with Gasteiger partial charge in [0, 0.05) is 65.1 Å². The molecule has 0 aromatic rings. The van der Waals surface area contributed by atoms with Gasteiger partial charge < -0.3 is 4.74 Å². The summed E-state index contributed by atoms with van der Waals surface area (Å²) in [6.07, 6.45) is 7.21. The van der Waals surface area contributed by atoms with Crippen molar-refractivity contribution in [1.82, 2.24) is 0 Å². The normalized spacial score (nSPS) is 19.6. The first-order chi connectivity index (χ1) is 12.0. The molecule has 0 aliphatic heterocycles. The van der Waals surface area contributed by atoms with E-state index in [1.807, 2.05) is 0 Å². The second-order valence-electron chi connectivity index (χ2n) is 7.11. The highest BCUT2D eigenvalue weighted by molar-refractivity contribution is 5.86. The minimum Gasteiger partial charge on any atom is -0.385 e. The van der Waals surface area contributed by atoms with Crippen LogP contribution in [0.25, 0.3) is 0 Å². The summed E-state index contributed by atoms with van der Waals surface area (Å²) >= 11 is 0. The van der Waals surface area contributed by atoms with Gasteiger partial charge in [-0.1, -0.05) is 0 Å². The summed E-state index contributed by atoms with van der Waals surface area (Å²) in [7, 11) is 1.60. The van der Waals surface area contributed by atoms with Gasteiger partial charge in [0.25, 0.3) is 0 Å². The third kappa shape index (κ3) is 11.0. The Bertz CT molecular complexity index is 455. The van der Waals surface area contributed by atoms with Crippen LogP contribution in [0.3, 0.4) is 0 Å². The predicted molar refractivity (Wildman–Crippen MR) is 95.4 cm³/mol. The van der Waals surface area contributed by atoms with Crippen molar-refractivity contribution in [2.75, 3.05) is 13.7 Å². The van der Waals surface area contributed by atoms with Crippen LogP contribution >= 0.6 is 0 Å². The summed E-state index contributed by atoms with van der Waals surface area (Å²) in [5.41, 5.74) is 0. The van der Waals surface area contributed by atoms with Gasteiger partial charge in [0.1, 0.15) is 23.1 Å². The summed E-state index contributed by atoms with van der Waals surface area (Å²) in [4.78, 5) is 47.4. The van der Waals surface area contributed by atoms with E-state index in [4.69, 9.17) is 4.74 Å². The molecule has 0 N–H and O–H groups in total. The maximum Gasteiger partial charge on any atom is 0.133 e. The van der Waals surface area contributed by atoms with Crippen LogP contribution in [-0.4, -0.2) is 36.8 Å². The standard InChI is InChI=1S/C20H32O5/c1-25-14-4-7-18(22)12-13-19(23)11-9-16-8-10-17(21)5-2-3-6-20(24)15-16/h16H,2-15H2,1H3. The molecule has 0 spiro atoms. The fourth-order valence-corrected chi connectivity index (χ4v) is 3.21. The molecule has 1 aliphatic rings. The molecule has 0 saturated heterocycles. The molecule has 142 valence electrons. The van der Waals surface area contributed by atoms with E-state index in [0.717, 1.165) is 12.8 Å². The number of rotatable bonds is 10. The van der Waals surface area contributed by atoms with E-state index < -0.39 is 0 Å². The first-order valence-corrected chi connectivity index (χ1v) is 9.57. The minimum atomic E-state index is 0.0796. The van der Waals surface area contributed by atoms with Crippen molar-refractivity contribution >= 4 is 23.1 Å². The Kier molecular flexibility index (Phi) is 11.2. The van der Waals surface area contributed by atoms with Crippen molar-refractivity contribution in [3.8, 4) is 0 Å². The van der Waals surface area contributed by atoms with Crippen molar-refractivity contribution in [3.05, 3.63) is 0 Å². The Morgan fingerprint density at radius 3 is 2.24 bits per heavy atom. The van der Waals surface area contributed by atoms with Gasteiger partial charge in [-0.05, 0) is 38.0 Å². The summed E-state index contributed by atoms with van der Waals surface area (Å²) < 4.78 is 4.90. The van der Waals surface area contributed by atoms with Gasteiger partial charge in [-0.2, -0.15) is 0 Å². The second-order valence-corrected chi connectivity index (χ2v) is 7.11. The quantitative estimate of drug-likeness (QED) is 0.561. The lowest BCUT2D eigenvalue weighted by atomic mass is 9.87. The SMILES string of the molecule is COCCCC(=O)CCC(=O)CCC1CCC(=O)CCCCC(=O)C1. The third-order valence-electron chi connectivity index (χ3n) is 4.83. The predicted octanol–water partition coefficient (Wildman–Crippen LogP) is 3.61. The molecule has 5 nitrogen and oxygen atoms in total. The molecule has 1 fully saturated rings. The Morgan fingerprint density at radius 2 is 1.56 bits per heavy atom. The number of carbonyl (C=O) groups excluding carboxylic acids is 4. The van der Waals surface area contributed by atoms with Crippen LogP contribution in [0.15, 0.2) is 0 Å². The van der Waals surface area contributed by atoms with E-state index in [-0.39, 0.29) is 35.5 Å². The molecule has 0 bridgehead atoms. The maximum absolute atomic E-state index is 12.0. The lowest BCUT2D eigenvalue weighted by molar-refractivity contribution is -0.125. The second kappa shape index (κ2) is 12.9. The minimum absolute atomic E-state index is 0.0796. The van der Waals surface area contributed by atoms with E-state index in [2.05, 4.69) is 0 Å². The Hall–Kier alpha value is -1.36. The fraction of sp³-hybridized carbons (Fsp3) is 0.800. The molecule has 1 unspecified atom stereocenters. The number of ether oxygens (including phenoxy) is 1. The zero-order valence-electron chi connectivity index (χ0n) is 15.5. The Morgan fingerprint density at radius 1 is 0.920 bits per heavy atom. The first kappa shape index (κ1) is 21.7. The number of hydrogen-bond donors (Lipinski definition) is 0. The molecule has 0 radical (unpaired) electrons. The lowest BCUT2D eigenvalue weighted by Gasteiger charge is -2.17. The fourth-order valence-electron chi connectivity index (χ4n) is 3.21. The molecule has 1 atom stereocenters. The number of carbonyl (C=O) groups is 4. The van der Waals surface area contributed by atoms with Gasteiger partial charge in [0.05, 0.1) is 0 Å². The van der Waals surface area contributed by atoms with Crippen LogP contribution in [0.2, 0.25) is 0 Å². The van der Waals surface area contributed by atoms with Crippen molar-refractivity contribution in [2.45, 2.75) is 83.5 Å². The monoisotopic (exact) mass is 352 g/mol. The highest BCUT2D eigenvalue weighted by Crippen LogP contribution is 2.23. The highest BCUT2D eigenvalue weighted by atomic mass is 16.5. The van der Waals surface area contributed by atoms with Gasteiger partial charge in [0.15, 0.2) is 0 Å². The molecular weight excluding hydrogens is 320 g/mol. The van der Waals surface area contributed by atoms with Gasteiger partial charge in [0.2, 0.25) is 0 Å². The van der Waals surface area contributed by atoms with E-state index >= 15 is 0 Å². The van der Waals surface area contributed by atoms with Gasteiger partial charge in [-0.15, -0.1) is 0 Å². The van der Waals surface area contributed by atoms with E-state index in [0.29, 0.717) is 70.8 Å². The van der Waals surface area contributed by atoms with E-state index in [1.54, 1.807) is 7.11 Å². The molecule has 0 heterocycles. The van der Waals surface area contributed by atoms with Crippen LogP contribution < -0.4 is 0 Å². The lowest BCUT2D eigenvalue weighted by Crippen LogP contribution is -2.14. The van der Waals surface area contributed by atoms with Crippen molar-refractivity contribution in [3.63, 3.8) is 0 Å². The topological polar surface area (TPSA) is 77.5 Å². The molecule has 1 aliphatic carbocycles. The largest absolute Gasteiger partial charge is 0.385 e. The van der Waals surface area contributed by atoms with Crippen molar-refractivity contribution < 1.29 is 23.9 Å². The number of methoxy groups -OCH3 is 1. The third-order valence-corrected chi connectivity index (χ3v) is 4.83. The molecule has 1 rings (SSSR count). The van der Waals surface area contributed by atoms with Gasteiger partial charge >= 0.3 is 0 Å². The van der Waals surface area contributed by atoms with Gasteiger partial charge in [-0.3, -0.25) is 19.2 Å². The zero-order chi connectivity index (χ0) is 18.5. The molecular formula is C20H32O5. The smallest absolute Gasteiger partial charge is 0.133 e. The summed E-state index contributed by atoms with van der Waals surface area (Å²) in [6, 6.07) is 0. The summed E-state index contributed by atoms with van der Waals surface area (Å²) in [5, 5.41) is 0. The zero-order valence-corrected chi connectivity index (χ0v) is 15.5. The molecule has 0 aromatic heterocycles. The maximum atomic E-state index is 12.0. The van der Waals surface area contributed by atoms with Crippen LogP contribution in [0.5, 0.6) is 0 Å². The number of ketones is 4. The number of Topliss-reactive ketones (excluding diaryl/α,β-unsaturated/α-hetero) is 4. The average molecular weight is 352 g/mol. The van der Waals surface area contributed by atoms with Crippen LogP contribution in [0.1, 0.15) is 83.5 Å². The molecule has 1 saturated carbocycles. The van der Waals surface area contributed by atoms with Crippen LogP contribution in [-0.2, 0) is 23.9 Å². The molecule has 0 amide bonds. The summed E-state index contributed by atoms with van der Waals surface area (Å²) in [5.74, 6) is 0.823. The highest BCUT2D eigenvalue weighted by Gasteiger charge is 2.19. The van der Waals surface area contributed by atoms with Crippen molar-refractivity contribution in [1.29, 1.82) is 0 Å². The molecule has 0 aromatic carbocycles. The average Bonchev–Trinajstić information content (AvgIpc) is 2.59. The Labute approximate surface area is 150 Å². The van der Waals surface area contributed by atoms with Crippen molar-refractivity contribution in [2.24, 2.45) is 5.92 Å². The van der Waals surface area contributed by atoms with E-state index in [1.165, 1.54) is 0 Å². The first-order valence-electron chi connectivity index (χ1n) is 9.57.